The summed E-state index contributed by atoms with van der Waals surface area (Å²) in [6, 6.07) is 20.2. The van der Waals surface area contributed by atoms with Crippen molar-refractivity contribution < 1.29 is 9.53 Å². The van der Waals surface area contributed by atoms with Crippen LogP contribution in [-0.4, -0.2) is 17.6 Å². The highest BCUT2D eigenvalue weighted by Gasteiger charge is 2.18. The zero-order valence-corrected chi connectivity index (χ0v) is 15.3. The van der Waals surface area contributed by atoms with Crippen molar-refractivity contribution in [2.24, 2.45) is 0 Å². The van der Waals surface area contributed by atoms with Gasteiger partial charge in [0.2, 0.25) is 0 Å². The fraction of sp³-hybridized carbons (Fsp3) is 0.130. The van der Waals surface area contributed by atoms with Crippen LogP contribution in [0.4, 0.5) is 11.4 Å². The second-order valence-corrected chi connectivity index (χ2v) is 6.39. The van der Waals surface area contributed by atoms with Crippen LogP contribution in [0.1, 0.15) is 22.8 Å². The zero-order valence-electron chi connectivity index (χ0n) is 15.3. The molecule has 134 valence electrons. The summed E-state index contributed by atoms with van der Waals surface area (Å²) in [5.41, 5.74) is 4.06. The number of hydrogen-bond acceptors (Lipinski definition) is 4. The first-order valence-corrected chi connectivity index (χ1v) is 8.99. The van der Waals surface area contributed by atoms with E-state index in [1.807, 2.05) is 55.5 Å². The summed E-state index contributed by atoms with van der Waals surface area (Å²) in [6.07, 6.45) is 1.60. The van der Waals surface area contributed by atoms with Crippen LogP contribution >= 0.6 is 0 Å². The van der Waals surface area contributed by atoms with Crippen molar-refractivity contribution in [2.45, 2.75) is 13.8 Å². The number of esters is 1. The molecule has 0 aliphatic rings. The van der Waals surface area contributed by atoms with Crippen LogP contribution in [0.5, 0.6) is 0 Å². The van der Waals surface area contributed by atoms with Gasteiger partial charge >= 0.3 is 5.97 Å². The molecule has 0 unspecified atom stereocenters. The van der Waals surface area contributed by atoms with Crippen molar-refractivity contribution in [3.8, 4) is 0 Å². The minimum Gasteiger partial charge on any atom is -0.462 e. The molecule has 0 amide bonds. The monoisotopic (exact) mass is 356 g/mol. The smallest absolute Gasteiger partial charge is 0.341 e. The number of benzene rings is 3. The summed E-state index contributed by atoms with van der Waals surface area (Å²) in [6.45, 7) is 4.15. The maximum atomic E-state index is 12.5. The molecule has 4 aromatic rings. The lowest BCUT2D eigenvalue weighted by Gasteiger charge is -2.16. The average molecular weight is 356 g/mol. The lowest BCUT2D eigenvalue weighted by atomic mass is 10.0. The predicted octanol–water partition coefficient (Wildman–Crippen LogP) is 5.62. The molecule has 1 aromatic heterocycles. The third-order valence-corrected chi connectivity index (χ3v) is 4.66. The number of para-hydroxylation sites is 1. The predicted molar refractivity (Wildman–Crippen MR) is 110 cm³/mol. The molecule has 0 aliphatic carbocycles. The Morgan fingerprint density at radius 1 is 1.00 bits per heavy atom. The topological polar surface area (TPSA) is 51.2 Å². The van der Waals surface area contributed by atoms with Gasteiger partial charge < -0.3 is 10.1 Å². The first kappa shape index (κ1) is 17.0. The van der Waals surface area contributed by atoms with E-state index in [9.17, 15) is 4.79 Å². The fourth-order valence-electron chi connectivity index (χ4n) is 3.28. The normalized spacial score (nSPS) is 10.9. The van der Waals surface area contributed by atoms with Gasteiger partial charge in [-0.15, -0.1) is 0 Å². The van der Waals surface area contributed by atoms with Crippen molar-refractivity contribution in [2.75, 3.05) is 11.9 Å². The molecule has 0 saturated heterocycles. The van der Waals surface area contributed by atoms with Crippen LogP contribution in [-0.2, 0) is 4.74 Å². The second-order valence-electron chi connectivity index (χ2n) is 6.39. The number of ether oxygens (including phenoxy) is 1. The van der Waals surface area contributed by atoms with Crippen LogP contribution in [0.15, 0.2) is 66.9 Å². The number of aryl methyl sites for hydroxylation is 1. The van der Waals surface area contributed by atoms with Gasteiger partial charge in [0.05, 0.1) is 17.8 Å². The molecule has 0 radical (unpaired) electrons. The number of fused-ring (bicyclic) bond motifs is 3. The molecule has 0 atom stereocenters. The van der Waals surface area contributed by atoms with Gasteiger partial charge in [0.25, 0.3) is 0 Å². The summed E-state index contributed by atoms with van der Waals surface area (Å²) in [4.78, 5) is 17.1. The summed E-state index contributed by atoms with van der Waals surface area (Å²) < 4.78 is 5.25. The molecule has 0 bridgehead atoms. The number of nitrogens with one attached hydrogen (secondary N) is 1. The second kappa shape index (κ2) is 7.08. The Morgan fingerprint density at radius 2 is 1.78 bits per heavy atom. The third kappa shape index (κ3) is 3.10. The third-order valence-electron chi connectivity index (χ3n) is 4.66. The van der Waals surface area contributed by atoms with Crippen molar-refractivity contribution in [1.29, 1.82) is 0 Å². The van der Waals surface area contributed by atoms with E-state index in [2.05, 4.69) is 22.4 Å². The summed E-state index contributed by atoms with van der Waals surface area (Å²) in [5.74, 6) is -0.379. The standard InChI is InChI=1S/C23H20N2O2/c1-3-27-23(26)19-14-24-21-17-10-6-5-9-16(17)12-13-18(21)22(19)25-20-11-7-4-8-15(20)2/h4-14H,3H2,1-2H3,(H,24,25). The number of carbonyl (C=O) groups excluding carboxylic acids is 1. The van der Waals surface area contributed by atoms with Crippen molar-refractivity contribution >= 4 is 39.0 Å². The van der Waals surface area contributed by atoms with Crippen LogP contribution in [0.3, 0.4) is 0 Å². The molecular weight excluding hydrogens is 336 g/mol. The number of hydrogen-bond donors (Lipinski definition) is 1. The highest BCUT2D eigenvalue weighted by molar-refractivity contribution is 6.13. The van der Waals surface area contributed by atoms with Crippen LogP contribution in [0.2, 0.25) is 0 Å². The maximum absolute atomic E-state index is 12.5. The summed E-state index contributed by atoms with van der Waals surface area (Å²) >= 11 is 0. The quantitative estimate of drug-likeness (QED) is 0.381. The van der Waals surface area contributed by atoms with Crippen molar-refractivity contribution in [3.05, 3.63) is 78.0 Å². The SMILES string of the molecule is CCOC(=O)c1cnc2c(ccc3ccccc32)c1Nc1ccccc1C. The summed E-state index contributed by atoms with van der Waals surface area (Å²) in [5, 5.41) is 6.51. The largest absolute Gasteiger partial charge is 0.462 e. The van der Waals surface area contributed by atoms with Gasteiger partial charge in [-0.25, -0.2) is 4.79 Å². The Balaban J connectivity index is 1.98. The van der Waals surface area contributed by atoms with E-state index in [0.29, 0.717) is 12.2 Å². The maximum Gasteiger partial charge on any atom is 0.341 e. The lowest BCUT2D eigenvalue weighted by molar-refractivity contribution is 0.0527. The van der Waals surface area contributed by atoms with E-state index in [1.165, 1.54) is 0 Å². The number of aromatic nitrogens is 1. The van der Waals surface area contributed by atoms with E-state index in [1.54, 1.807) is 13.1 Å². The number of nitrogens with zero attached hydrogens (tertiary/aromatic N) is 1. The molecule has 0 fully saturated rings. The van der Waals surface area contributed by atoms with E-state index in [4.69, 9.17) is 4.74 Å². The molecule has 0 spiro atoms. The average Bonchev–Trinajstić information content (AvgIpc) is 2.69. The Morgan fingerprint density at radius 3 is 2.59 bits per heavy atom. The van der Waals surface area contributed by atoms with Gasteiger partial charge in [0.15, 0.2) is 0 Å². The van der Waals surface area contributed by atoms with Gasteiger partial charge in [-0.3, -0.25) is 4.98 Å². The van der Waals surface area contributed by atoms with E-state index >= 15 is 0 Å². The number of carbonyl (C=O) groups is 1. The molecular formula is C23H20N2O2. The number of anilines is 2. The summed E-state index contributed by atoms with van der Waals surface area (Å²) in [7, 11) is 0. The van der Waals surface area contributed by atoms with Gasteiger partial charge in [0.1, 0.15) is 5.56 Å². The molecule has 27 heavy (non-hydrogen) atoms. The van der Waals surface area contributed by atoms with Gasteiger partial charge in [-0.2, -0.15) is 0 Å². The van der Waals surface area contributed by atoms with Crippen LogP contribution in [0, 0.1) is 6.92 Å². The van der Waals surface area contributed by atoms with E-state index in [-0.39, 0.29) is 5.97 Å². The Labute approximate surface area is 157 Å². The number of rotatable bonds is 4. The number of pyridine rings is 1. The van der Waals surface area contributed by atoms with Crippen LogP contribution in [0.25, 0.3) is 21.7 Å². The molecule has 0 saturated carbocycles. The zero-order chi connectivity index (χ0) is 18.8. The molecule has 4 rings (SSSR count). The van der Waals surface area contributed by atoms with E-state index < -0.39 is 0 Å². The fourth-order valence-corrected chi connectivity index (χ4v) is 3.28. The molecule has 1 N–H and O–H groups in total. The minimum atomic E-state index is -0.379. The van der Waals surface area contributed by atoms with Crippen molar-refractivity contribution in [1.82, 2.24) is 4.98 Å². The molecule has 4 nitrogen and oxygen atoms in total. The molecule has 3 aromatic carbocycles. The lowest BCUT2D eigenvalue weighted by Crippen LogP contribution is -2.09. The van der Waals surface area contributed by atoms with Crippen LogP contribution < -0.4 is 5.32 Å². The first-order chi connectivity index (χ1) is 13.2. The minimum absolute atomic E-state index is 0.318. The Kier molecular flexibility index (Phi) is 4.47. The van der Waals surface area contributed by atoms with Crippen molar-refractivity contribution in [3.63, 3.8) is 0 Å². The molecule has 1 heterocycles. The van der Waals surface area contributed by atoms with Gasteiger partial charge in [-0.1, -0.05) is 54.6 Å². The van der Waals surface area contributed by atoms with E-state index in [0.717, 1.165) is 38.6 Å². The first-order valence-electron chi connectivity index (χ1n) is 8.99. The molecule has 0 aliphatic heterocycles. The Hall–Kier alpha value is -3.40. The highest BCUT2D eigenvalue weighted by atomic mass is 16.5. The molecule has 4 heteroatoms. The van der Waals surface area contributed by atoms with Gasteiger partial charge in [0, 0.05) is 22.7 Å². The van der Waals surface area contributed by atoms with Gasteiger partial charge in [-0.05, 0) is 30.9 Å². The Bertz CT molecular complexity index is 1150. The highest BCUT2D eigenvalue weighted by Crippen LogP contribution is 2.34.